The Kier molecular flexibility index (Phi) is 51.4. The van der Waals surface area contributed by atoms with Crippen LogP contribution >= 0.6 is 0 Å². The lowest BCUT2D eigenvalue weighted by Crippen LogP contribution is -2.30. The molecule has 62 heavy (non-hydrogen) atoms. The molecule has 0 amide bonds. The molecule has 0 aromatic rings. The number of unbranched alkanes of at least 4 members (excludes halogenated alkanes) is 31. The zero-order valence-electron chi connectivity index (χ0n) is 41.6. The van der Waals surface area contributed by atoms with Crippen LogP contribution in [0.25, 0.3) is 0 Å². The Labute approximate surface area is 386 Å². The summed E-state index contributed by atoms with van der Waals surface area (Å²) in [5.74, 6) is -0.416. The molecule has 5 heteroatoms. The van der Waals surface area contributed by atoms with E-state index in [-0.39, 0.29) is 25.2 Å². The molecule has 0 aliphatic carbocycles. The van der Waals surface area contributed by atoms with Gasteiger partial charge in [-0.3, -0.25) is 9.59 Å². The second-order valence-corrected chi connectivity index (χ2v) is 18.1. The summed E-state index contributed by atoms with van der Waals surface area (Å²) in [4.78, 5) is 25.4. The molecule has 0 rings (SSSR count). The topological polar surface area (TPSA) is 61.8 Å². The van der Waals surface area contributed by atoms with Gasteiger partial charge in [0.2, 0.25) is 0 Å². The number of allylic oxidation sites excluding steroid dienone is 8. The minimum atomic E-state index is -0.545. The molecule has 0 aliphatic rings. The Bertz CT molecular complexity index is 1030. The highest BCUT2D eigenvalue weighted by atomic mass is 16.6. The predicted octanol–water partition coefficient (Wildman–Crippen LogP) is 18.3. The van der Waals surface area contributed by atoms with Crippen LogP contribution < -0.4 is 0 Å². The molecular formula is C57H104O5. The van der Waals surface area contributed by atoms with Gasteiger partial charge in [0, 0.05) is 19.4 Å². The lowest BCUT2D eigenvalue weighted by atomic mass is 10.1. The molecule has 0 aromatic heterocycles. The smallest absolute Gasteiger partial charge is 0.306 e. The molecular weight excluding hydrogens is 765 g/mol. The molecule has 1 atom stereocenters. The van der Waals surface area contributed by atoms with Gasteiger partial charge in [0.1, 0.15) is 6.61 Å². The van der Waals surface area contributed by atoms with Crippen LogP contribution in [0.4, 0.5) is 0 Å². The van der Waals surface area contributed by atoms with Gasteiger partial charge in [-0.05, 0) is 96.3 Å². The van der Waals surface area contributed by atoms with Gasteiger partial charge < -0.3 is 14.2 Å². The van der Waals surface area contributed by atoms with Gasteiger partial charge in [-0.2, -0.15) is 0 Å². The first-order chi connectivity index (χ1) is 30.6. The number of hydrogen-bond acceptors (Lipinski definition) is 5. The van der Waals surface area contributed by atoms with E-state index in [1.54, 1.807) is 0 Å². The molecule has 0 spiro atoms. The highest BCUT2D eigenvalue weighted by Crippen LogP contribution is 2.15. The number of hydrogen-bond donors (Lipinski definition) is 0. The fraction of sp³-hybridized carbons (Fsp3) is 0.825. The summed E-state index contributed by atoms with van der Waals surface area (Å²) in [5, 5.41) is 0. The lowest BCUT2D eigenvalue weighted by molar-refractivity contribution is -0.163. The number of rotatable bonds is 50. The molecule has 0 aliphatic heterocycles. The second-order valence-electron chi connectivity index (χ2n) is 18.1. The van der Waals surface area contributed by atoms with E-state index in [0.717, 1.165) is 70.6 Å². The van der Waals surface area contributed by atoms with Gasteiger partial charge in [-0.1, -0.05) is 217 Å². The molecule has 0 bridgehead atoms. The Morgan fingerprint density at radius 2 is 0.694 bits per heavy atom. The average molecular weight is 869 g/mol. The minimum Gasteiger partial charge on any atom is -0.462 e. The molecule has 0 aromatic carbocycles. The molecule has 362 valence electrons. The summed E-state index contributed by atoms with van der Waals surface area (Å²) in [6.45, 7) is 7.77. The van der Waals surface area contributed by atoms with Crippen molar-refractivity contribution < 1.29 is 23.8 Å². The Hall–Kier alpha value is -2.14. The van der Waals surface area contributed by atoms with Crippen LogP contribution in [0.1, 0.15) is 278 Å². The standard InChI is InChI=1S/C57H104O5/c1-4-7-10-13-16-19-22-24-26-27-28-29-30-32-34-37-40-43-46-49-52-60-53-55(62-57(59)51-48-45-42-39-35-21-18-15-12-9-6-3)54-61-56(58)50-47-44-41-38-36-33-31-25-23-20-17-14-11-8-5-2/h15,17-18,20,24-26,31,55H,4-14,16,19,21-23,27-30,32-54H2,1-3H3/b18-15-,20-17-,26-24-,31-25-. The van der Waals surface area contributed by atoms with Crippen molar-refractivity contribution in [2.24, 2.45) is 0 Å². The van der Waals surface area contributed by atoms with E-state index in [4.69, 9.17) is 14.2 Å². The van der Waals surface area contributed by atoms with E-state index in [9.17, 15) is 9.59 Å². The number of ether oxygens (including phenoxy) is 3. The van der Waals surface area contributed by atoms with E-state index in [1.165, 1.54) is 173 Å². The van der Waals surface area contributed by atoms with Crippen molar-refractivity contribution in [1.82, 2.24) is 0 Å². The summed E-state index contributed by atoms with van der Waals surface area (Å²) in [5.41, 5.74) is 0. The maximum absolute atomic E-state index is 12.8. The lowest BCUT2D eigenvalue weighted by Gasteiger charge is -2.18. The second kappa shape index (κ2) is 53.2. The first-order valence-corrected chi connectivity index (χ1v) is 27.2. The van der Waals surface area contributed by atoms with Crippen molar-refractivity contribution >= 4 is 11.9 Å². The van der Waals surface area contributed by atoms with Gasteiger partial charge in [-0.25, -0.2) is 0 Å². The summed E-state index contributed by atoms with van der Waals surface area (Å²) in [7, 11) is 0. The molecule has 0 saturated heterocycles. The van der Waals surface area contributed by atoms with Gasteiger partial charge in [0.25, 0.3) is 0 Å². The molecule has 0 N–H and O–H groups in total. The predicted molar refractivity (Wildman–Crippen MR) is 270 cm³/mol. The van der Waals surface area contributed by atoms with Gasteiger partial charge >= 0.3 is 11.9 Å². The summed E-state index contributed by atoms with van der Waals surface area (Å²) in [6, 6.07) is 0. The molecule has 0 heterocycles. The Balaban J connectivity index is 4.21. The van der Waals surface area contributed by atoms with E-state index in [1.807, 2.05) is 0 Å². The summed E-state index contributed by atoms with van der Waals surface area (Å²) in [6.07, 6.45) is 65.5. The number of esters is 2. The number of carbonyl (C=O) groups is 2. The van der Waals surface area contributed by atoms with Crippen molar-refractivity contribution in [3.05, 3.63) is 48.6 Å². The normalized spacial score (nSPS) is 12.5. The van der Waals surface area contributed by atoms with Crippen LogP contribution in [0.3, 0.4) is 0 Å². The van der Waals surface area contributed by atoms with Crippen molar-refractivity contribution in [3.63, 3.8) is 0 Å². The molecule has 0 radical (unpaired) electrons. The Morgan fingerprint density at radius 3 is 1.16 bits per heavy atom. The Morgan fingerprint density at radius 1 is 0.355 bits per heavy atom. The average Bonchev–Trinajstić information content (AvgIpc) is 3.27. The maximum Gasteiger partial charge on any atom is 0.306 e. The maximum atomic E-state index is 12.8. The quantitative estimate of drug-likeness (QED) is 0.0346. The van der Waals surface area contributed by atoms with Gasteiger partial charge in [-0.15, -0.1) is 0 Å². The minimum absolute atomic E-state index is 0.0760. The van der Waals surface area contributed by atoms with Crippen molar-refractivity contribution in [2.75, 3.05) is 19.8 Å². The number of carbonyl (C=O) groups excluding carboxylic acids is 2. The van der Waals surface area contributed by atoms with E-state index < -0.39 is 6.10 Å². The van der Waals surface area contributed by atoms with Crippen LogP contribution in [0, 0.1) is 0 Å². The van der Waals surface area contributed by atoms with Crippen molar-refractivity contribution in [3.8, 4) is 0 Å². The van der Waals surface area contributed by atoms with Crippen LogP contribution in [0.5, 0.6) is 0 Å². The third-order valence-electron chi connectivity index (χ3n) is 11.8. The summed E-state index contributed by atoms with van der Waals surface area (Å²) < 4.78 is 17.4. The first-order valence-electron chi connectivity index (χ1n) is 27.2. The SMILES string of the molecule is CCCC/C=C\CCCCCCCC(=O)OC(COCCCCCCCCCCCC/C=C\CCCCCCCC)COC(=O)CCCCCCC/C=C\C/C=C\CCCCC. The van der Waals surface area contributed by atoms with E-state index in [0.29, 0.717) is 19.4 Å². The van der Waals surface area contributed by atoms with Crippen molar-refractivity contribution in [1.29, 1.82) is 0 Å². The fourth-order valence-electron chi connectivity index (χ4n) is 7.69. The highest BCUT2D eigenvalue weighted by Gasteiger charge is 2.17. The summed E-state index contributed by atoms with van der Waals surface area (Å²) >= 11 is 0. The highest BCUT2D eigenvalue weighted by molar-refractivity contribution is 5.70. The van der Waals surface area contributed by atoms with Crippen LogP contribution in [-0.4, -0.2) is 37.9 Å². The third kappa shape index (κ3) is 50.5. The van der Waals surface area contributed by atoms with Crippen LogP contribution in [0.15, 0.2) is 48.6 Å². The zero-order valence-corrected chi connectivity index (χ0v) is 41.6. The van der Waals surface area contributed by atoms with E-state index in [2.05, 4.69) is 69.4 Å². The van der Waals surface area contributed by atoms with Crippen molar-refractivity contribution in [2.45, 2.75) is 284 Å². The zero-order chi connectivity index (χ0) is 44.9. The molecule has 0 fully saturated rings. The first kappa shape index (κ1) is 59.9. The van der Waals surface area contributed by atoms with Gasteiger partial charge in [0.15, 0.2) is 6.10 Å². The van der Waals surface area contributed by atoms with E-state index >= 15 is 0 Å². The molecule has 0 saturated carbocycles. The molecule has 5 nitrogen and oxygen atoms in total. The fourth-order valence-corrected chi connectivity index (χ4v) is 7.69. The van der Waals surface area contributed by atoms with Crippen LogP contribution in [0.2, 0.25) is 0 Å². The largest absolute Gasteiger partial charge is 0.462 e. The third-order valence-corrected chi connectivity index (χ3v) is 11.8. The molecule has 1 unspecified atom stereocenters. The van der Waals surface area contributed by atoms with Gasteiger partial charge in [0.05, 0.1) is 6.61 Å². The van der Waals surface area contributed by atoms with Crippen LogP contribution in [-0.2, 0) is 23.8 Å². The monoisotopic (exact) mass is 869 g/mol.